The number of hydrogen-bond donors (Lipinski definition) is 1. The van der Waals surface area contributed by atoms with Crippen molar-refractivity contribution < 1.29 is 14.3 Å². The van der Waals surface area contributed by atoms with E-state index in [4.69, 9.17) is 9.47 Å². The molecule has 2 heterocycles. The lowest BCUT2D eigenvalue weighted by Crippen LogP contribution is -2.46. The molecule has 29 heavy (non-hydrogen) atoms. The highest BCUT2D eigenvalue weighted by molar-refractivity contribution is 5.90. The Morgan fingerprint density at radius 3 is 2.45 bits per heavy atom. The molecule has 1 N–H and O–H groups in total. The molecule has 0 radical (unpaired) electrons. The molecule has 6 heteroatoms. The number of carbonyl (C=O) groups is 1. The van der Waals surface area contributed by atoms with E-state index in [1.807, 2.05) is 60.7 Å². The summed E-state index contributed by atoms with van der Waals surface area (Å²) >= 11 is 0. The quantitative estimate of drug-likeness (QED) is 0.671. The second-order valence-electron chi connectivity index (χ2n) is 6.84. The molecule has 2 aromatic carbocycles. The van der Waals surface area contributed by atoms with E-state index in [9.17, 15) is 4.79 Å². The molecule has 1 fully saturated rings. The first kappa shape index (κ1) is 18.8. The van der Waals surface area contributed by atoms with E-state index in [1.54, 1.807) is 23.2 Å². The van der Waals surface area contributed by atoms with E-state index < -0.39 is 0 Å². The number of para-hydroxylation sites is 2. The van der Waals surface area contributed by atoms with Crippen molar-refractivity contribution in [1.82, 2.24) is 9.88 Å². The second-order valence-corrected chi connectivity index (χ2v) is 6.84. The SMILES string of the molecule is O=C(Nc1cccnc1Oc1ccccc1)N1CCCC(Oc2ccccc2)C1. The maximum absolute atomic E-state index is 12.8. The molecule has 2 amide bonds. The summed E-state index contributed by atoms with van der Waals surface area (Å²) in [6.45, 7) is 1.23. The zero-order valence-electron chi connectivity index (χ0n) is 16.0. The Morgan fingerprint density at radius 1 is 0.966 bits per heavy atom. The first-order chi connectivity index (χ1) is 14.3. The number of ether oxygens (including phenoxy) is 2. The minimum absolute atomic E-state index is 0.0224. The monoisotopic (exact) mass is 389 g/mol. The van der Waals surface area contributed by atoms with Gasteiger partial charge in [0.05, 0.1) is 6.54 Å². The van der Waals surface area contributed by atoms with Crippen LogP contribution in [-0.2, 0) is 0 Å². The largest absolute Gasteiger partial charge is 0.489 e. The van der Waals surface area contributed by atoms with Crippen LogP contribution < -0.4 is 14.8 Å². The Balaban J connectivity index is 1.40. The molecular formula is C23H23N3O3. The Kier molecular flexibility index (Phi) is 5.90. The third-order valence-electron chi connectivity index (χ3n) is 4.68. The van der Waals surface area contributed by atoms with Crippen molar-refractivity contribution in [3.8, 4) is 17.4 Å². The van der Waals surface area contributed by atoms with Crippen LogP contribution >= 0.6 is 0 Å². The van der Waals surface area contributed by atoms with E-state index >= 15 is 0 Å². The molecule has 148 valence electrons. The maximum atomic E-state index is 12.8. The summed E-state index contributed by atoms with van der Waals surface area (Å²) in [6.07, 6.45) is 3.43. The Morgan fingerprint density at radius 2 is 1.69 bits per heavy atom. The summed E-state index contributed by atoms with van der Waals surface area (Å²) in [7, 11) is 0. The summed E-state index contributed by atoms with van der Waals surface area (Å²) in [5.41, 5.74) is 0.535. The molecule has 0 spiro atoms. The number of urea groups is 1. The van der Waals surface area contributed by atoms with Gasteiger partial charge in [0.15, 0.2) is 0 Å². The van der Waals surface area contributed by atoms with Gasteiger partial charge in [-0.15, -0.1) is 0 Å². The molecule has 4 rings (SSSR count). The highest BCUT2D eigenvalue weighted by atomic mass is 16.5. The van der Waals surface area contributed by atoms with E-state index in [0.29, 0.717) is 30.4 Å². The molecule has 0 aliphatic carbocycles. The lowest BCUT2D eigenvalue weighted by atomic mass is 10.1. The topological polar surface area (TPSA) is 63.7 Å². The predicted molar refractivity (Wildman–Crippen MR) is 111 cm³/mol. The number of aromatic nitrogens is 1. The lowest BCUT2D eigenvalue weighted by molar-refractivity contribution is 0.106. The van der Waals surface area contributed by atoms with Crippen molar-refractivity contribution in [3.63, 3.8) is 0 Å². The molecule has 1 atom stereocenters. The number of nitrogens with zero attached hydrogens (tertiary/aromatic N) is 2. The van der Waals surface area contributed by atoms with Gasteiger partial charge in [-0.3, -0.25) is 0 Å². The highest BCUT2D eigenvalue weighted by Crippen LogP contribution is 2.27. The minimum atomic E-state index is -0.183. The predicted octanol–water partition coefficient (Wildman–Crippen LogP) is 4.95. The highest BCUT2D eigenvalue weighted by Gasteiger charge is 2.25. The fraction of sp³-hybridized carbons (Fsp3) is 0.217. The third kappa shape index (κ3) is 5.04. The summed E-state index contributed by atoms with van der Waals surface area (Å²) in [4.78, 5) is 18.9. The summed E-state index contributed by atoms with van der Waals surface area (Å²) in [6, 6.07) is 22.5. The van der Waals surface area contributed by atoms with Crippen molar-refractivity contribution in [2.75, 3.05) is 18.4 Å². The van der Waals surface area contributed by atoms with Crippen molar-refractivity contribution in [3.05, 3.63) is 79.0 Å². The summed E-state index contributed by atoms with van der Waals surface area (Å²) in [5, 5.41) is 2.93. The normalized spacial score (nSPS) is 16.1. The Labute approximate surface area is 170 Å². The minimum Gasteiger partial charge on any atom is -0.489 e. The van der Waals surface area contributed by atoms with Gasteiger partial charge in [-0.2, -0.15) is 0 Å². The smallest absolute Gasteiger partial charge is 0.322 e. The van der Waals surface area contributed by atoms with Crippen LogP contribution in [0.15, 0.2) is 79.0 Å². The molecular weight excluding hydrogens is 366 g/mol. The van der Waals surface area contributed by atoms with Gasteiger partial charge in [-0.1, -0.05) is 36.4 Å². The van der Waals surface area contributed by atoms with Gasteiger partial charge >= 0.3 is 6.03 Å². The first-order valence-electron chi connectivity index (χ1n) is 9.73. The fourth-order valence-electron chi connectivity index (χ4n) is 3.27. The number of nitrogens with one attached hydrogen (secondary N) is 1. The maximum Gasteiger partial charge on any atom is 0.322 e. The van der Waals surface area contributed by atoms with Crippen LogP contribution in [0, 0.1) is 0 Å². The van der Waals surface area contributed by atoms with Gasteiger partial charge in [0.2, 0.25) is 5.88 Å². The van der Waals surface area contributed by atoms with Crippen molar-refractivity contribution in [2.24, 2.45) is 0 Å². The molecule has 3 aromatic rings. The van der Waals surface area contributed by atoms with Crippen LogP contribution in [0.2, 0.25) is 0 Å². The number of anilines is 1. The van der Waals surface area contributed by atoms with Crippen molar-refractivity contribution in [2.45, 2.75) is 18.9 Å². The molecule has 1 saturated heterocycles. The lowest BCUT2D eigenvalue weighted by Gasteiger charge is -2.33. The van der Waals surface area contributed by atoms with Gasteiger partial charge in [0.1, 0.15) is 23.3 Å². The van der Waals surface area contributed by atoms with Gasteiger partial charge in [0, 0.05) is 12.7 Å². The number of benzene rings is 2. The number of amides is 2. The number of hydrogen-bond acceptors (Lipinski definition) is 4. The number of piperidine rings is 1. The average Bonchev–Trinajstić information content (AvgIpc) is 2.77. The number of likely N-dealkylation sites (tertiary alicyclic amines) is 1. The van der Waals surface area contributed by atoms with Crippen molar-refractivity contribution >= 4 is 11.7 Å². The van der Waals surface area contributed by atoms with Gasteiger partial charge in [-0.25, -0.2) is 9.78 Å². The van der Waals surface area contributed by atoms with Crippen LogP contribution in [0.3, 0.4) is 0 Å². The summed E-state index contributed by atoms with van der Waals surface area (Å²) < 4.78 is 11.9. The number of pyridine rings is 1. The molecule has 1 aliphatic heterocycles. The van der Waals surface area contributed by atoms with Crippen LogP contribution in [-0.4, -0.2) is 35.1 Å². The van der Waals surface area contributed by atoms with Crippen molar-refractivity contribution in [1.29, 1.82) is 0 Å². The van der Waals surface area contributed by atoms with Crippen LogP contribution in [0.5, 0.6) is 17.4 Å². The Bertz CT molecular complexity index is 934. The zero-order chi connectivity index (χ0) is 19.9. The van der Waals surface area contributed by atoms with Crippen LogP contribution in [0.25, 0.3) is 0 Å². The Hall–Kier alpha value is -3.54. The number of carbonyl (C=O) groups excluding carboxylic acids is 1. The second kappa shape index (κ2) is 9.10. The summed E-state index contributed by atoms with van der Waals surface area (Å²) in [5.74, 6) is 1.85. The zero-order valence-corrected chi connectivity index (χ0v) is 16.0. The molecule has 1 aliphatic rings. The molecule has 1 unspecified atom stereocenters. The third-order valence-corrected chi connectivity index (χ3v) is 4.68. The van der Waals surface area contributed by atoms with Gasteiger partial charge < -0.3 is 19.7 Å². The molecule has 1 aromatic heterocycles. The fourth-order valence-corrected chi connectivity index (χ4v) is 3.27. The van der Waals surface area contributed by atoms with Gasteiger partial charge in [-0.05, 0) is 49.2 Å². The van der Waals surface area contributed by atoms with E-state index in [2.05, 4.69) is 10.3 Å². The van der Waals surface area contributed by atoms with Crippen LogP contribution in [0.1, 0.15) is 12.8 Å². The first-order valence-corrected chi connectivity index (χ1v) is 9.73. The van der Waals surface area contributed by atoms with Crippen LogP contribution in [0.4, 0.5) is 10.5 Å². The molecule has 0 saturated carbocycles. The standard InChI is InChI=1S/C23H23N3O3/c27-23(26-16-8-13-20(17-26)28-18-9-3-1-4-10-18)25-21-14-7-15-24-22(21)29-19-11-5-2-6-12-19/h1-7,9-12,14-15,20H,8,13,16-17H2,(H,25,27). The molecule has 6 nitrogen and oxygen atoms in total. The van der Waals surface area contributed by atoms with Gasteiger partial charge in [0.25, 0.3) is 0 Å². The molecule has 0 bridgehead atoms. The van der Waals surface area contributed by atoms with E-state index in [-0.39, 0.29) is 12.1 Å². The van der Waals surface area contributed by atoms with E-state index in [0.717, 1.165) is 18.6 Å². The number of rotatable bonds is 5. The average molecular weight is 389 g/mol. The van der Waals surface area contributed by atoms with E-state index in [1.165, 1.54) is 0 Å².